The molecule has 1 nitrogen and oxygen atoms in total. The van der Waals surface area contributed by atoms with Crippen LogP contribution in [0.3, 0.4) is 0 Å². The van der Waals surface area contributed by atoms with Crippen molar-refractivity contribution >= 4 is 23.2 Å². The molecule has 18 heavy (non-hydrogen) atoms. The van der Waals surface area contributed by atoms with Gasteiger partial charge in [-0.1, -0.05) is 23.7 Å². The summed E-state index contributed by atoms with van der Waals surface area (Å²) < 4.78 is 0. The van der Waals surface area contributed by atoms with E-state index in [0.717, 1.165) is 36.3 Å². The molecule has 0 bridgehead atoms. The predicted molar refractivity (Wildman–Crippen MR) is 79.5 cm³/mol. The topological polar surface area (TPSA) is 3.24 Å². The number of hydrogen-bond donors (Lipinski definition) is 0. The molecule has 1 aromatic rings. The predicted octanol–water partition coefficient (Wildman–Crippen LogP) is 4.49. The lowest BCUT2D eigenvalue weighted by atomic mass is 9.95. The van der Waals surface area contributed by atoms with Crippen LogP contribution in [0.15, 0.2) is 18.2 Å². The summed E-state index contributed by atoms with van der Waals surface area (Å²) in [7, 11) is 0. The highest BCUT2D eigenvalue weighted by Gasteiger charge is 2.19. The van der Waals surface area contributed by atoms with Crippen LogP contribution in [0.4, 0.5) is 0 Å². The fourth-order valence-corrected chi connectivity index (χ4v) is 3.31. The van der Waals surface area contributed by atoms with Gasteiger partial charge in [0.05, 0.1) is 0 Å². The van der Waals surface area contributed by atoms with Gasteiger partial charge in [-0.15, -0.1) is 11.6 Å². The highest BCUT2D eigenvalue weighted by molar-refractivity contribution is 6.31. The SMILES string of the molecule is Cc1ccc(CN2CCCC(CCCl)C2)c(Cl)c1. The lowest BCUT2D eigenvalue weighted by Crippen LogP contribution is -2.35. The van der Waals surface area contributed by atoms with Crippen LogP contribution in [-0.4, -0.2) is 23.9 Å². The van der Waals surface area contributed by atoms with Gasteiger partial charge in [-0.05, 0) is 55.8 Å². The smallest absolute Gasteiger partial charge is 0.0453 e. The van der Waals surface area contributed by atoms with Crippen molar-refractivity contribution in [2.75, 3.05) is 19.0 Å². The van der Waals surface area contributed by atoms with Gasteiger partial charge in [0.1, 0.15) is 0 Å². The summed E-state index contributed by atoms with van der Waals surface area (Å²) in [4.78, 5) is 2.51. The van der Waals surface area contributed by atoms with Crippen LogP contribution >= 0.6 is 23.2 Å². The van der Waals surface area contributed by atoms with Gasteiger partial charge in [-0.25, -0.2) is 0 Å². The molecule has 1 fully saturated rings. The Bertz CT molecular complexity index is 390. The van der Waals surface area contributed by atoms with Gasteiger partial charge >= 0.3 is 0 Å². The molecule has 0 N–H and O–H groups in total. The van der Waals surface area contributed by atoms with Crippen molar-refractivity contribution in [1.29, 1.82) is 0 Å². The fourth-order valence-electron chi connectivity index (χ4n) is 2.71. The van der Waals surface area contributed by atoms with Crippen molar-refractivity contribution in [3.63, 3.8) is 0 Å². The van der Waals surface area contributed by atoms with Crippen molar-refractivity contribution in [2.24, 2.45) is 5.92 Å². The van der Waals surface area contributed by atoms with Gasteiger partial charge in [0.2, 0.25) is 0 Å². The molecular weight excluding hydrogens is 265 g/mol. The van der Waals surface area contributed by atoms with Crippen molar-refractivity contribution in [2.45, 2.75) is 32.7 Å². The average molecular weight is 286 g/mol. The second kappa shape index (κ2) is 6.79. The lowest BCUT2D eigenvalue weighted by molar-refractivity contribution is 0.165. The van der Waals surface area contributed by atoms with Crippen LogP contribution in [0.5, 0.6) is 0 Å². The number of hydrogen-bond acceptors (Lipinski definition) is 1. The molecule has 0 radical (unpaired) electrons. The summed E-state index contributed by atoms with van der Waals surface area (Å²) in [5, 5.41) is 0.898. The molecule has 0 aromatic heterocycles. The summed E-state index contributed by atoms with van der Waals surface area (Å²) in [5.41, 5.74) is 2.47. The monoisotopic (exact) mass is 285 g/mol. The van der Waals surface area contributed by atoms with Crippen molar-refractivity contribution in [3.05, 3.63) is 34.3 Å². The highest BCUT2D eigenvalue weighted by atomic mass is 35.5. The normalized spacial score (nSPS) is 21.2. The van der Waals surface area contributed by atoms with E-state index in [2.05, 4.69) is 30.0 Å². The molecule has 1 aliphatic rings. The molecule has 2 rings (SSSR count). The maximum atomic E-state index is 6.30. The molecule has 1 heterocycles. The van der Waals surface area contributed by atoms with E-state index in [-0.39, 0.29) is 0 Å². The van der Waals surface area contributed by atoms with Crippen molar-refractivity contribution in [3.8, 4) is 0 Å². The number of halogens is 2. The van der Waals surface area contributed by atoms with Crippen molar-refractivity contribution < 1.29 is 0 Å². The second-order valence-corrected chi connectivity index (χ2v) is 6.10. The van der Waals surface area contributed by atoms with E-state index in [1.807, 2.05) is 0 Å². The molecule has 3 heteroatoms. The Kier molecular flexibility index (Phi) is 5.35. The van der Waals surface area contributed by atoms with E-state index < -0.39 is 0 Å². The molecule has 100 valence electrons. The summed E-state index contributed by atoms with van der Waals surface area (Å²) in [6, 6.07) is 6.35. The highest BCUT2D eigenvalue weighted by Crippen LogP contribution is 2.24. The summed E-state index contributed by atoms with van der Waals surface area (Å²) in [5.74, 6) is 1.55. The van der Waals surface area contributed by atoms with Crippen molar-refractivity contribution in [1.82, 2.24) is 4.90 Å². The number of likely N-dealkylation sites (tertiary alicyclic amines) is 1. The van der Waals surface area contributed by atoms with Crippen LogP contribution in [0.1, 0.15) is 30.4 Å². The lowest BCUT2D eigenvalue weighted by Gasteiger charge is -2.32. The maximum Gasteiger partial charge on any atom is 0.0453 e. The van der Waals surface area contributed by atoms with E-state index in [1.165, 1.54) is 30.5 Å². The van der Waals surface area contributed by atoms with Crippen LogP contribution < -0.4 is 0 Å². The molecule has 0 aliphatic carbocycles. The van der Waals surface area contributed by atoms with E-state index >= 15 is 0 Å². The molecule has 1 aliphatic heterocycles. The third kappa shape index (κ3) is 3.88. The zero-order valence-corrected chi connectivity index (χ0v) is 12.5. The van der Waals surface area contributed by atoms with Gasteiger partial charge in [-0.3, -0.25) is 4.90 Å². The Morgan fingerprint density at radius 3 is 2.94 bits per heavy atom. The van der Waals surface area contributed by atoms with E-state index in [4.69, 9.17) is 23.2 Å². The molecule has 0 amide bonds. The Hall–Kier alpha value is -0.240. The third-order valence-electron chi connectivity index (χ3n) is 3.72. The number of nitrogens with zero attached hydrogens (tertiary/aromatic N) is 1. The minimum Gasteiger partial charge on any atom is -0.299 e. The van der Waals surface area contributed by atoms with E-state index in [1.54, 1.807) is 0 Å². The number of alkyl halides is 1. The zero-order chi connectivity index (χ0) is 13.0. The Balaban J connectivity index is 1.96. The maximum absolute atomic E-state index is 6.30. The fraction of sp³-hybridized carbons (Fsp3) is 0.600. The Labute approximate surface area is 120 Å². The van der Waals surface area contributed by atoms with Gasteiger partial charge in [0.25, 0.3) is 0 Å². The van der Waals surface area contributed by atoms with Crippen LogP contribution in [0, 0.1) is 12.8 Å². The van der Waals surface area contributed by atoms with Gasteiger partial charge < -0.3 is 0 Å². The minimum absolute atomic E-state index is 0.764. The molecular formula is C15H21Cl2N. The number of rotatable bonds is 4. The quantitative estimate of drug-likeness (QED) is 0.737. The summed E-state index contributed by atoms with van der Waals surface area (Å²) in [6.07, 6.45) is 3.75. The molecule has 1 atom stereocenters. The Morgan fingerprint density at radius 1 is 1.39 bits per heavy atom. The van der Waals surface area contributed by atoms with E-state index in [9.17, 15) is 0 Å². The van der Waals surface area contributed by atoms with Crippen LogP contribution in [-0.2, 0) is 6.54 Å². The first-order chi connectivity index (χ1) is 8.69. The standard InChI is InChI=1S/C15H21Cl2N/c1-12-4-5-14(15(17)9-12)11-18-8-2-3-13(10-18)6-7-16/h4-5,9,13H,2-3,6-8,10-11H2,1H3. The Morgan fingerprint density at radius 2 is 2.22 bits per heavy atom. The molecule has 0 spiro atoms. The first kappa shape index (κ1) is 14.2. The first-order valence-electron chi connectivity index (χ1n) is 6.72. The molecule has 0 saturated carbocycles. The summed E-state index contributed by atoms with van der Waals surface area (Å²) >= 11 is 12.1. The van der Waals surface area contributed by atoms with Crippen LogP contribution in [0.25, 0.3) is 0 Å². The summed E-state index contributed by atoms with van der Waals surface area (Å²) in [6.45, 7) is 5.39. The number of piperidine rings is 1. The number of benzene rings is 1. The molecule has 1 unspecified atom stereocenters. The van der Waals surface area contributed by atoms with E-state index in [0.29, 0.717) is 0 Å². The van der Waals surface area contributed by atoms with Gasteiger partial charge in [0, 0.05) is 24.0 Å². The van der Waals surface area contributed by atoms with Gasteiger partial charge in [-0.2, -0.15) is 0 Å². The third-order valence-corrected chi connectivity index (χ3v) is 4.29. The minimum atomic E-state index is 0.764. The zero-order valence-electron chi connectivity index (χ0n) is 11.0. The van der Waals surface area contributed by atoms with Gasteiger partial charge in [0.15, 0.2) is 0 Å². The largest absolute Gasteiger partial charge is 0.299 e. The first-order valence-corrected chi connectivity index (χ1v) is 7.63. The molecule has 1 aromatic carbocycles. The van der Waals surface area contributed by atoms with Crippen LogP contribution in [0.2, 0.25) is 5.02 Å². The average Bonchev–Trinajstić information content (AvgIpc) is 2.34. The molecule has 1 saturated heterocycles. The number of aryl methyl sites for hydroxylation is 1. The second-order valence-electron chi connectivity index (χ2n) is 5.32.